The maximum Gasteiger partial charge on any atom is 0.236 e. The summed E-state index contributed by atoms with van der Waals surface area (Å²) in [6.07, 6.45) is 4.54. The van der Waals surface area contributed by atoms with Crippen molar-refractivity contribution in [1.29, 1.82) is 0 Å². The van der Waals surface area contributed by atoms with Crippen LogP contribution in [-0.2, 0) is 11.2 Å². The molecule has 0 radical (unpaired) electrons. The lowest BCUT2D eigenvalue weighted by atomic mass is 10.1. The highest BCUT2D eigenvalue weighted by Gasteiger charge is 2.15. The van der Waals surface area contributed by atoms with E-state index in [0.29, 0.717) is 6.54 Å². The zero-order chi connectivity index (χ0) is 12.8. The predicted molar refractivity (Wildman–Crippen MR) is 73.9 cm³/mol. The Morgan fingerprint density at radius 3 is 2.89 bits per heavy atom. The van der Waals surface area contributed by atoms with E-state index < -0.39 is 0 Å². The topological polar surface area (TPSA) is 45.2 Å². The van der Waals surface area contributed by atoms with Gasteiger partial charge in [0.05, 0.1) is 17.7 Å². The molecule has 100 valence electrons. The summed E-state index contributed by atoms with van der Waals surface area (Å²) in [5.74, 6) is 0.246. The summed E-state index contributed by atoms with van der Waals surface area (Å²) in [6, 6.07) is 0. The molecule has 1 aromatic rings. The third-order valence-corrected chi connectivity index (χ3v) is 4.35. The molecule has 1 aromatic heterocycles. The highest BCUT2D eigenvalue weighted by atomic mass is 32.1. The molecule has 1 saturated heterocycles. The number of carbonyl (C=O) groups is 1. The Kier molecular flexibility index (Phi) is 5.13. The van der Waals surface area contributed by atoms with Crippen molar-refractivity contribution in [3.63, 3.8) is 0 Å². The van der Waals surface area contributed by atoms with E-state index in [1.165, 1.54) is 11.3 Å². The van der Waals surface area contributed by atoms with Crippen LogP contribution in [0.25, 0.3) is 0 Å². The molecule has 0 saturated carbocycles. The monoisotopic (exact) mass is 267 g/mol. The molecule has 2 heterocycles. The van der Waals surface area contributed by atoms with E-state index in [-0.39, 0.29) is 5.91 Å². The summed E-state index contributed by atoms with van der Waals surface area (Å²) in [7, 11) is 0. The van der Waals surface area contributed by atoms with Crippen molar-refractivity contribution >= 4 is 17.2 Å². The molecule has 0 spiro atoms. The number of aromatic nitrogens is 1. The molecule has 1 aliphatic heterocycles. The van der Waals surface area contributed by atoms with E-state index in [1.54, 1.807) is 11.3 Å². The van der Waals surface area contributed by atoms with Crippen LogP contribution >= 0.6 is 11.3 Å². The fourth-order valence-electron chi connectivity index (χ4n) is 2.22. The van der Waals surface area contributed by atoms with Gasteiger partial charge in [0.15, 0.2) is 0 Å². The average Bonchev–Trinajstić information content (AvgIpc) is 2.81. The molecular formula is C13H21N3OS. The second-order valence-electron chi connectivity index (χ2n) is 4.73. The number of rotatable bonds is 5. The molecule has 0 bridgehead atoms. The molecule has 1 fully saturated rings. The standard InChI is InChI=1S/C13H21N3OS/c1-11-12(18-10-15-11)5-6-14-9-13(17)16-7-3-2-4-8-16/h10,14H,2-9H2,1H3. The van der Waals surface area contributed by atoms with Gasteiger partial charge in [-0.25, -0.2) is 4.98 Å². The van der Waals surface area contributed by atoms with Crippen LogP contribution in [0.4, 0.5) is 0 Å². The number of nitrogens with zero attached hydrogens (tertiary/aromatic N) is 2. The number of piperidine rings is 1. The second kappa shape index (κ2) is 6.85. The van der Waals surface area contributed by atoms with Gasteiger partial charge in [0.25, 0.3) is 0 Å². The number of hydrogen-bond acceptors (Lipinski definition) is 4. The van der Waals surface area contributed by atoms with E-state index in [9.17, 15) is 4.79 Å². The Labute approximate surface area is 112 Å². The van der Waals surface area contributed by atoms with Crippen LogP contribution in [0.15, 0.2) is 5.51 Å². The van der Waals surface area contributed by atoms with Crippen molar-refractivity contribution in [2.75, 3.05) is 26.2 Å². The zero-order valence-corrected chi connectivity index (χ0v) is 11.8. The highest BCUT2D eigenvalue weighted by Crippen LogP contribution is 2.12. The number of thiazole rings is 1. The Morgan fingerprint density at radius 2 is 2.22 bits per heavy atom. The van der Waals surface area contributed by atoms with Crippen LogP contribution in [0.2, 0.25) is 0 Å². The quantitative estimate of drug-likeness (QED) is 0.824. The van der Waals surface area contributed by atoms with Crippen molar-refractivity contribution in [3.05, 3.63) is 16.1 Å². The zero-order valence-electron chi connectivity index (χ0n) is 10.9. The first kappa shape index (κ1) is 13.5. The third kappa shape index (κ3) is 3.78. The van der Waals surface area contributed by atoms with Gasteiger partial charge in [-0.3, -0.25) is 4.79 Å². The van der Waals surface area contributed by atoms with Crippen molar-refractivity contribution in [2.45, 2.75) is 32.6 Å². The fraction of sp³-hybridized carbons (Fsp3) is 0.692. The molecule has 1 aliphatic rings. The normalized spacial score (nSPS) is 15.9. The number of likely N-dealkylation sites (tertiary alicyclic amines) is 1. The Bertz CT molecular complexity index is 385. The SMILES string of the molecule is Cc1ncsc1CCNCC(=O)N1CCCCC1. The minimum absolute atomic E-state index is 0.246. The van der Waals surface area contributed by atoms with Crippen LogP contribution in [0.1, 0.15) is 29.8 Å². The smallest absolute Gasteiger partial charge is 0.236 e. The number of amides is 1. The van der Waals surface area contributed by atoms with E-state index in [2.05, 4.69) is 10.3 Å². The summed E-state index contributed by atoms with van der Waals surface area (Å²) >= 11 is 1.69. The Hall–Kier alpha value is -0.940. The summed E-state index contributed by atoms with van der Waals surface area (Å²) < 4.78 is 0. The Balaban J connectivity index is 1.63. The van der Waals surface area contributed by atoms with Gasteiger partial charge in [-0.05, 0) is 32.6 Å². The molecular weight excluding hydrogens is 246 g/mol. The van der Waals surface area contributed by atoms with Gasteiger partial charge in [-0.1, -0.05) is 0 Å². The lowest BCUT2D eigenvalue weighted by molar-refractivity contribution is -0.131. The number of nitrogens with one attached hydrogen (secondary N) is 1. The first-order valence-electron chi connectivity index (χ1n) is 6.65. The molecule has 0 aliphatic carbocycles. The van der Waals surface area contributed by atoms with E-state index in [1.807, 2.05) is 17.3 Å². The van der Waals surface area contributed by atoms with Crippen molar-refractivity contribution in [3.8, 4) is 0 Å². The molecule has 1 N–H and O–H groups in total. The fourth-order valence-corrected chi connectivity index (χ4v) is 3.00. The van der Waals surface area contributed by atoms with Gasteiger partial charge in [-0.15, -0.1) is 11.3 Å². The summed E-state index contributed by atoms with van der Waals surface area (Å²) in [5.41, 5.74) is 2.99. The lowest BCUT2D eigenvalue weighted by Gasteiger charge is -2.26. The molecule has 5 heteroatoms. The number of carbonyl (C=O) groups excluding carboxylic acids is 1. The van der Waals surface area contributed by atoms with E-state index in [0.717, 1.165) is 44.6 Å². The summed E-state index contributed by atoms with van der Waals surface area (Å²) in [4.78, 5) is 19.4. The molecule has 0 aromatic carbocycles. The maximum absolute atomic E-state index is 11.9. The molecule has 4 nitrogen and oxygen atoms in total. The molecule has 1 amide bonds. The van der Waals surface area contributed by atoms with Gasteiger partial charge in [0.2, 0.25) is 5.91 Å². The molecule has 0 unspecified atom stereocenters. The first-order chi connectivity index (χ1) is 8.77. The van der Waals surface area contributed by atoms with Crippen molar-refractivity contribution in [1.82, 2.24) is 15.2 Å². The Morgan fingerprint density at radius 1 is 1.44 bits per heavy atom. The molecule has 2 rings (SSSR count). The number of hydrogen-bond donors (Lipinski definition) is 1. The van der Waals surface area contributed by atoms with Crippen LogP contribution < -0.4 is 5.32 Å². The van der Waals surface area contributed by atoms with Crippen LogP contribution in [-0.4, -0.2) is 42.0 Å². The molecule has 18 heavy (non-hydrogen) atoms. The van der Waals surface area contributed by atoms with E-state index in [4.69, 9.17) is 0 Å². The second-order valence-corrected chi connectivity index (χ2v) is 5.67. The third-order valence-electron chi connectivity index (χ3n) is 3.36. The first-order valence-corrected chi connectivity index (χ1v) is 7.53. The minimum Gasteiger partial charge on any atom is -0.342 e. The maximum atomic E-state index is 11.9. The van der Waals surface area contributed by atoms with Crippen LogP contribution in [0.5, 0.6) is 0 Å². The summed E-state index contributed by atoms with van der Waals surface area (Å²) in [5, 5.41) is 3.24. The highest BCUT2D eigenvalue weighted by molar-refractivity contribution is 7.09. The van der Waals surface area contributed by atoms with Gasteiger partial charge >= 0.3 is 0 Å². The number of aryl methyl sites for hydroxylation is 1. The molecule has 0 atom stereocenters. The van der Waals surface area contributed by atoms with Gasteiger partial charge in [-0.2, -0.15) is 0 Å². The van der Waals surface area contributed by atoms with Gasteiger partial charge < -0.3 is 10.2 Å². The lowest BCUT2D eigenvalue weighted by Crippen LogP contribution is -2.41. The van der Waals surface area contributed by atoms with Gasteiger partial charge in [0.1, 0.15) is 0 Å². The van der Waals surface area contributed by atoms with Crippen molar-refractivity contribution in [2.24, 2.45) is 0 Å². The van der Waals surface area contributed by atoms with Crippen molar-refractivity contribution < 1.29 is 4.79 Å². The van der Waals surface area contributed by atoms with Crippen LogP contribution in [0.3, 0.4) is 0 Å². The minimum atomic E-state index is 0.246. The predicted octanol–water partition coefficient (Wildman–Crippen LogP) is 1.60. The van der Waals surface area contributed by atoms with E-state index >= 15 is 0 Å². The van der Waals surface area contributed by atoms with Gasteiger partial charge in [0, 0.05) is 24.5 Å². The summed E-state index contributed by atoms with van der Waals surface area (Å²) in [6.45, 7) is 5.23. The largest absolute Gasteiger partial charge is 0.342 e. The average molecular weight is 267 g/mol. The van der Waals surface area contributed by atoms with Crippen LogP contribution in [0, 0.1) is 6.92 Å².